The molecule has 0 aliphatic heterocycles. The number of benzene rings is 1. The van der Waals surface area contributed by atoms with Crippen LogP contribution in [0.25, 0.3) is 0 Å². The van der Waals surface area contributed by atoms with Gasteiger partial charge in [0.25, 0.3) is 0 Å². The smallest absolute Gasteiger partial charge is 0.309 e. The molecule has 0 fully saturated rings. The summed E-state index contributed by atoms with van der Waals surface area (Å²) in [5, 5.41) is 19.7. The Balaban J connectivity index is 3.16. The van der Waals surface area contributed by atoms with Gasteiger partial charge in [-0.15, -0.1) is 0 Å². The molecule has 0 aromatic heterocycles. The summed E-state index contributed by atoms with van der Waals surface area (Å²) in [6.45, 7) is 2.87. The van der Waals surface area contributed by atoms with Gasteiger partial charge in [0.15, 0.2) is 0 Å². The van der Waals surface area contributed by atoms with E-state index in [2.05, 4.69) is 0 Å². The molecule has 0 amide bonds. The lowest BCUT2D eigenvalue weighted by Gasteiger charge is -2.28. The fourth-order valence-corrected chi connectivity index (χ4v) is 1.60. The molecule has 0 aliphatic rings. The number of carboxylic acid groups (broad SMARTS) is 1. The second-order valence-electron chi connectivity index (χ2n) is 3.84. The molecule has 88 valence electrons. The van der Waals surface area contributed by atoms with Gasteiger partial charge in [-0.3, -0.25) is 4.79 Å². The summed E-state index contributed by atoms with van der Waals surface area (Å²) < 4.78 is 0. The van der Waals surface area contributed by atoms with Crippen molar-refractivity contribution in [2.24, 2.45) is 5.92 Å². The molecule has 0 saturated heterocycles. The molecule has 2 atom stereocenters. The number of aliphatic carboxylic acids is 1. The van der Waals surface area contributed by atoms with E-state index >= 15 is 0 Å². The zero-order valence-corrected chi connectivity index (χ0v) is 10.4. The van der Waals surface area contributed by atoms with Crippen LogP contribution >= 0.6 is 23.2 Å². The van der Waals surface area contributed by atoms with Crippen molar-refractivity contribution in [3.05, 3.63) is 33.8 Å². The van der Waals surface area contributed by atoms with Crippen molar-refractivity contribution in [2.45, 2.75) is 19.4 Å². The first kappa shape index (κ1) is 13.3. The average molecular weight is 263 g/mol. The van der Waals surface area contributed by atoms with Crippen LogP contribution in [0.4, 0.5) is 0 Å². The molecular weight excluding hydrogens is 251 g/mol. The van der Waals surface area contributed by atoms with E-state index in [4.69, 9.17) is 28.3 Å². The minimum atomic E-state index is -1.49. The highest BCUT2D eigenvalue weighted by Crippen LogP contribution is 2.33. The van der Waals surface area contributed by atoms with Gasteiger partial charge in [0, 0.05) is 0 Å². The number of hydrogen-bond acceptors (Lipinski definition) is 2. The topological polar surface area (TPSA) is 57.5 Å². The van der Waals surface area contributed by atoms with Crippen LogP contribution in [0.1, 0.15) is 19.4 Å². The van der Waals surface area contributed by atoms with Crippen molar-refractivity contribution < 1.29 is 15.0 Å². The maximum absolute atomic E-state index is 10.9. The van der Waals surface area contributed by atoms with Crippen molar-refractivity contribution in [1.82, 2.24) is 0 Å². The predicted octanol–water partition coefficient (Wildman–Crippen LogP) is 2.92. The summed E-state index contributed by atoms with van der Waals surface area (Å²) in [5.74, 6) is -2.01. The van der Waals surface area contributed by atoms with Crippen LogP contribution in [0.3, 0.4) is 0 Å². The van der Waals surface area contributed by atoms with Gasteiger partial charge in [-0.1, -0.05) is 29.3 Å². The first-order chi connectivity index (χ1) is 7.26. The van der Waals surface area contributed by atoms with E-state index < -0.39 is 17.5 Å². The van der Waals surface area contributed by atoms with E-state index in [0.717, 1.165) is 0 Å². The highest BCUT2D eigenvalue weighted by Gasteiger charge is 2.35. The van der Waals surface area contributed by atoms with Crippen molar-refractivity contribution in [3.8, 4) is 0 Å². The number of carboxylic acids is 1. The second-order valence-corrected chi connectivity index (χ2v) is 4.65. The highest BCUT2D eigenvalue weighted by molar-refractivity contribution is 6.42. The molecule has 5 heteroatoms. The first-order valence-electron chi connectivity index (χ1n) is 4.67. The zero-order valence-electron chi connectivity index (χ0n) is 8.87. The van der Waals surface area contributed by atoms with E-state index in [1.807, 2.05) is 0 Å². The highest BCUT2D eigenvalue weighted by atomic mass is 35.5. The van der Waals surface area contributed by atoms with Crippen LogP contribution in [0.15, 0.2) is 18.2 Å². The van der Waals surface area contributed by atoms with Crippen LogP contribution in [0.5, 0.6) is 0 Å². The van der Waals surface area contributed by atoms with Crippen molar-refractivity contribution in [3.63, 3.8) is 0 Å². The number of carbonyl (C=O) groups is 1. The average Bonchev–Trinajstić information content (AvgIpc) is 2.20. The zero-order chi connectivity index (χ0) is 12.5. The molecular formula is C11H12Cl2O3. The maximum Gasteiger partial charge on any atom is 0.309 e. The summed E-state index contributed by atoms with van der Waals surface area (Å²) in [5.41, 5.74) is -1.06. The molecule has 16 heavy (non-hydrogen) atoms. The van der Waals surface area contributed by atoms with Crippen LogP contribution in [0, 0.1) is 5.92 Å². The lowest BCUT2D eigenvalue weighted by atomic mass is 9.84. The SMILES string of the molecule is CC(C(=O)O)C(C)(O)c1ccc(Cl)c(Cl)c1. The molecule has 2 N–H and O–H groups in total. The monoisotopic (exact) mass is 262 g/mol. The van der Waals surface area contributed by atoms with Gasteiger partial charge in [-0.25, -0.2) is 0 Å². The normalized spacial score (nSPS) is 16.6. The van der Waals surface area contributed by atoms with E-state index in [9.17, 15) is 9.90 Å². The largest absolute Gasteiger partial charge is 0.481 e. The number of aliphatic hydroxyl groups is 1. The predicted molar refractivity (Wildman–Crippen MR) is 62.8 cm³/mol. The number of rotatable bonds is 3. The molecule has 1 rings (SSSR count). The molecule has 0 heterocycles. The van der Waals surface area contributed by atoms with Crippen LogP contribution in [0.2, 0.25) is 10.0 Å². The van der Waals surface area contributed by atoms with Crippen molar-refractivity contribution in [2.75, 3.05) is 0 Å². The molecule has 0 radical (unpaired) electrons. The lowest BCUT2D eigenvalue weighted by Crippen LogP contribution is -2.35. The van der Waals surface area contributed by atoms with E-state index in [1.165, 1.54) is 26.0 Å². The Morgan fingerprint density at radius 3 is 2.38 bits per heavy atom. The Bertz CT molecular complexity index is 416. The third-order valence-corrected chi connectivity index (χ3v) is 3.46. The van der Waals surface area contributed by atoms with Crippen molar-refractivity contribution >= 4 is 29.2 Å². The summed E-state index contributed by atoms with van der Waals surface area (Å²) in [6, 6.07) is 4.57. The molecule has 0 aliphatic carbocycles. The van der Waals surface area contributed by atoms with Gasteiger partial charge in [-0.05, 0) is 31.5 Å². The fraction of sp³-hybridized carbons (Fsp3) is 0.364. The molecule has 0 spiro atoms. The minimum Gasteiger partial charge on any atom is -0.481 e. The summed E-state index contributed by atoms with van der Waals surface area (Å²) in [6.07, 6.45) is 0. The molecule has 1 aromatic rings. The Labute approximate surface area is 104 Å². The Morgan fingerprint density at radius 1 is 1.38 bits per heavy atom. The number of halogens is 2. The summed E-state index contributed by atoms with van der Waals surface area (Å²) in [4.78, 5) is 10.9. The maximum atomic E-state index is 10.9. The summed E-state index contributed by atoms with van der Waals surface area (Å²) in [7, 11) is 0. The molecule has 1 aromatic carbocycles. The molecule has 0 saturated carbocycles. The third-order valence-electron chi connectivity index (χ3n) is 2.72. The second kappa shape index (κ2) is 4.62. The molecule has 2 unspecified atom stereocenters. The van der Waals surface area contributed by atoms with Gasteiger partial charge in [0.2, 0.25) is 0 Å². The van der Waals surface area contributed by atoms with E-state index in [1.54, 1.807) is 6.07 Å². The van der Waals surface area contributed by atoms with Crippen LogP contribution in [-0.4, -0.2) is 16.2 Å². The van der Waals surface area contributed by atoms with Crippen LogP contribution < -0.4 is 0 Å². The number of hydrogen-bond donors (Lipinski definition) is 2. The first-order valence-corrected chi connectivity index (χ1v) is 5.43. The minimum absolute atomic E-state index is 0.289. The van der Waals surface area contributed by atoms with E-state index in [-0.39, 0.29) is 5.02 Å². The third kappa shape index (κ3) is 2.48. The van der Waals surface area contributed by atoms with Gasteiger partial charge in [-0.2, -0.15) is 0 Å². The van der Waals surface area contributed by atoms with Gasteiger partial charge >= 0.3 is 5.97 Å². The lowest BCUT2D eigenvalue weighted by molar-refractivity contribution is -0.150. The quantitative estimate of drug-likeness (QED) is 0.881. The molecule has 3 nitrogen and oxygen atoms in total. The Hall–Kier alpha value is -0.770. The standard InChI is InChI=1S/C11H12Cl2O3/c1-6(10(14)15)11(2,16)7-3-4-8(12)9(13)5-7/h3-6,16H,1-2H3,(H,14,15). The van der Waals surface area contributed by atoms with Gasteiger partial charge < -0.3 is 10.2 Å². The summed E-state index contributed by atoms with van der Waals surface area (Å²) >= 11 is 11.6. The molecule has 0 bridgehead atoms. The van der Waals surface area contributed by atoms with Crippen molar-refractivity contribution in [1.29, 1.82) is 0 Å². The van der Waals surface area contributed by atoms with Gasteiger partial charge in [0.1, 0.15) is 0 Å². The Kier molecular flexibility index (Phi) is 3.84. The van der Waals surface area contributed by atoms with Crippen LogP contribution in [-0.2, 0) is 10.4 Å². The fourth-order valence-electron chi connectivity index (χ4n) is 1.30. The Morgan fingerprint density at radius 2 is 1.94 bits per heavy atom. The van der Waals surface area contributed by atoms with E-state index in [0.29, 0.717) is 10.6 Å². The van der Waals surface area contributed by atoms with Gasteiger partial charge in [0.05, 0.1) is 21.6 Å².